The Balaban J connectivity index is 1.88. The van der Waals surface area contributed by atoms with Crippen LogP contribution in [0.3, 0.4) is 0 Å². The van der Waals surface area contributed by atoms with Gasteiger partial charge in [-0.05, 0) is 30.3 Å². The molecule has 2 heterocycles. The first-order valence-electron chi connectivity index (χ1n) is 8.14. The van der Waals surface area contributed by atoms with E-state index in [2.05, 4.69) is 4.99 Å². The SMILES string of the molecule is CC(F)(F)c1ccc(C2=NCc3c(F)cc(F)cc3-n3cccc32)cc1F. The summed E-state index contributed by atoms with van der Waals surface area (Å²) in [5, 5.41) is 0. The molecule has 0 fully saturated rings. The largest absolute Gasteiger partial charge is 0.315 e. The van der Waals surface area contributed by atoms with Crippen LogP contribution in [0.2, 0.25) is 0 Å². The molecule has 1 aromatic heterocycles. The fourth-order valence-corrected chi connectivity index (χ4v) is 3.24. The Morgan fingerprint density at radius 1 is 1.00 bits per heavy atom. The molecule has 0 aliphatic carbocycles. The zero-order chi connectivity index (χ0) is 19.3. The van der Waals surface area contributed by atoms with Crippen molar-refractivity contribution in [2.24, 2.45) is 4.99 Å². The summed E-state index contributed by atoms with van der Waals surface area (Å²) in [6.45, 7) is 0.527. The molecular formula is C20H13F5N2. The second-order valence-electron chi connectivity index (χ2n) is 6.40. The van der Waals surface area contributed by atoms with Gasteiger partial charge >= 0.3 is 0 Å². The molecule has 0 atom stereocenters. The minimum Gasteiger partial charge on any atom is -0.315 e. The minimum atomic E-state index is -3.31. The molecule has 3 aromatic rings. The van der Waals surface area contributed by atoms with Gasteiger partial charge in [0.1, 0.15) is 17.5 Å². The van der Waals surface area contributed by atoms with Crippen LogP contribution < -0.4 is 0 Å². The number of halogens is 5. The van der Waals surface area contributed by atoms with E-state index in [1.165, 1.54) is 12.1 Å². The van der Waals surface area contributed by atoms with E-state index in [1.54, 1.807) is 22.9 Å². The van der Waals surface area contributed by atoms with E-state index in [4.69, 9.17) is 0 Å². The zero-order valence-electron chi connectivity index (χ0n) is 14.1. The van der Waals surface area contributed by atoms with E-state index in [0.29, 0.717) is 24.0 Å². The van der Waals surface area contributed by atoms with Crippen LogP contribution in [0.15, 0.2) is 53.7 Å². The highest BCUT2D eigenvalue weighted by Crippen LogP contribution is 2.32. The molecule has 0 saturated heterocycles. The van der Waals surface area contributed by atoms with Crippen LogP contribution >= 0.6 is 0 Å². The molecule has 1 aliphatic rings. The fourth-order valence-electron chi connectivity index (χ4n) is 3.24. The first kappa shape index (κ1) is 17.5. The molecule has 7 heteroatoms. The lowest BCUT2D eigenvalue weighted by atomic mass is 10.0. The van der Waals surface area contributed by atoms with E-state index in [1.807, 2.05) is 0 Å². The van der Waals surface area contributed by atoms with Gasteiger partial charge in [0, 0.05) is 30.3 Å². The predicted molar refractivity (Wildman–Crippen MR) is 91.0 cm³/mol. The predicted octanol–water partition coefficient (Wildman–Crippen LogP) is 5.36. The van der Waals surface area contributed by atoms with Gasteiger partial charge in [0.2, 0.25) is 0 Å². The number of fused-ring (bicyclic) bond motifs is 3. The van der Waals surface area contributed by atoms with Crippen molar-refractivity contribution in [1.29, 1.82) is 0 Å². The number of alkyl halides is 2. The molecule has 0 spiro atoms. The van der Waals surface area contributed by atoms with Gasteiger partial charge in [-0.3, -0.25) is 4.99 Å². The van der Waals surface area contributed by atoms with Crippen LogP contribution in [-0.4, -0.2) is 10.3 Å². The van der Waals surface area contributed by atoms with Crippen LogP contribution in [0.25, 0.3) is 5.69 Å². The number of aromatic nitrogens is 1. The summed E-state index contributed by atoms with van der Waals surface area (Å²) in [6.07, 6.45) is 1.61. The molecule has 2 aromatic carbocycles. The first-order chi connectivity index (χ1) is 12.8. The van der Waals surface area contributed by atoms with Gasteiger partial charge in [-0.15, -0.1) is 0 Å². The van der Waals surface area contributed by atoms with Gasteiger partial charge in [0.25, 0.3) is 5.92 Å². The summed E-state index contributed by atoms with van der Waals surface area (Å²) < 4.78 is 70.6. The quantitative estimate of drug-likeness (QED) is 0.536. The fraction of sp³-hybridized carbons (Fsp3) is 0.150. The van der Waals surface area contributed by atoms with Crippen LogP contribution in [0.1, 0.15) is 29.3 Å². The number of rotatable bonds is 2. The lowest BCUT2D eigenvalue weighted by molar-refractivity contribution is 0.0137. The first-order valence-corrected chi connectivity index (χ1v) is 8.14. The normalized spacial score (nSPS) is 13.6. The van der Waals surface area contributed by atoms with Crippen LogP contribution in [-0.2, 0) is 12.5 Å². The van der Waals surface area contributed by atoms with Crippen LogP contribution in [0, 0.1) is 17.5 Å². The second kappa shape index (κ2) is 6.04. The zero-order valence-corrected chi connectivity index (χ0v) is 14.1. The van der Waals surface area contributed by atoms with E-state index in [9.17, 15) is 22.0 Å². The van der Waals surface area contributed by atoms with E-state index in [-0.39, 0.29) is 17.7 Å². The Kier molecular flexibility index (Phi) is 3.91. The maximum absolute atomic E-state index is 14.2. The van der Waals surface area contributed by atoms with Gasteiger partial charge < -0.3 is 4.57 Å². The third-order valence-corrected chi connectivity index (χ3v) is 4.50. The second-order valence-corrected chi connectivity index (χ2v) is 6.40. The third kappa shape index (κ3) is 2.93. The highest BCUT2D eigenvalue weighted by atomic mass is 19.3. The van der Waals surface area contributed by atoms with Crippen molar-refractivity contribution in [2.45, 2.75) is 19.4 Å². The van der Waals surface area contributed by atoms with Crippen molar-refractivity contribution < 1.29 is 22.0 Å². The summed E-state index contributed by atoms with van der Waals surface area (Å²) >= 11 is 0. The summed E-state index contributed by atoms with van der Waals surface area (Å²) in [5.74, 6) is -5.83. The minimum absolute atomic E-state index is 0.0915. The average Bonchev–Trinajstić information content (AvgIpc) is 2.99. The molecule has 4 rings (SSSR count). The molecule has 27 heavy (non-hydrogen) atoms. The Bertz CT molecular complexity index is 1080. The smallest absolute Gasteiger partial charge is 0.273 e. The lowest BCUT2D eigenvalue weighted by Gasteiger charge is -2.14. The highest BCUT2D eigenvalue weighted by molar-refractivity contribution is 6.12. The van der Waals surface area contributed by atoms with Crippen molar-refractivity contribution in [2.75, 3.05) is 0 Å². The Hall–Kier alpha value is -2.96. The van der Waals surface area contributed by atoms with Gasteiger partial charge in [-0.1, -0.05) is 6.07 Å². The molecule has 0 N–H and O–H groups in total. The van der Waals surface area contributed by atoms with Gasteiger partial charge in [-0.2, -0.15) is 0 Å². The maximum Gasteiger partial charge on any atom is 0.273 e. The standard InChI is InChI=1S/C20H13F5N2/c1-20(24,25)14-5-4-11(7-16(14)23)19-17-3-2-6-27(17)18-9-12(21)8-15(22)13(18)10-26-19/h2-9H,10H2,1H3. The number of hydrogen-bond acceptors (Lipinski definition) is 1. The Morgan fingerprint density at radius 2 is 1.78 bits per heavy atom. The molecule has 0 amide bonds. The number of benzene rings is 2. The number of aliphatic imine (C=N–C) groups is 1. The van der Waals surface area contributed by atoms with Crippen molar-refractivity contribution in [1.82, 2.24) is 4.57 Å². The van der Waals surface area contributed by atoms with Crippen molar-refractivity contribution in [3.8, 4) is 5.69 Å². The highest BCUT2D eigenvalue weighted by Gasteiger charge is 2.29. The van der Waals surface area contributed by atoms with Gasteiger partial charge in [0.15, 0.2) is 0 Å². The summed E-state index contributed by atoms with van der Waals surface area (Å²) in [5.41, 5.74) is 0.834. The molecular weight excluding hydrogens is 363 g/mol. The van der Waals surface area contributed by atoms with Gasteiger partial charge in [0.05, 0.1) is 29.2 Å². The third-order valence-electron chi connectivity index (χ3n) is 4.50. The van der Waals surface area contributed by atoms with E-state index in [0.717, 1.165) is 18.2 Å². The lowest BCUT2D eigenvalue weighted by Crippen LogP contribution is -2.13. The average molecular weight is 376 g/mol. The van der Waals surface area contributed by atoms with Crippen molar-refractivity contribution >= 4 is 5.71 Å². The number of hydrogen-bond donors (Lipinski definition) is 0. The summed E-state index contributed by atoms with van der Waals surface area (Å²) in [4.78, 5) is 4.35. The number of nitrogens with zero attached hydrogens (tertiary/aromatic N) is 2. The van der Waals surface area contributed by atoms with E-state index < -0.39 is 28.9 Å². The monoisotopic (exact) mass is 376 g/mol. The van der Waals surface area contributed by atoms with Crippen LogP contribution in [0.4, 0.5) is 22.0 Å². The molecule has 1 aliphatic heterocycles. The molecule has 138 valence electrons. The summed E-state index contributed by atoms with van der Waals surface area (Å²) in [6, 6.07) is 8.64. The Labute approximate surface area is 151 Å². The Morgan fingerprint density at radius 3 is 2.48 bits per heavy atom. The van der Waals surface area contributed by atoms with E-state index >= 15 is 0 Å². The molecule has 0 radical (unpaired) electrons. The topological polar surface area (TPSA) is 17.3 Å². The van der Waals surface area contributed by atoms with Crippen molar-refractivity contribution in [3.05, 3.63) is 88.5 Å². The molecule has 0 unspecified atom stereocenters. The van der Waals surface area contributed by atoms with Crippen molar-refractivity contribution in [3.63, 3.8) is 0 Å². The summed E-state index contributed by atoms with van der Waals surface area (Å²) in [7, 11) is 0. The molecule has 2 nitrogen and oxygen atoms in total. The molecule has 0 bridgehead atoms. The molecule has 0 saturated carbocycles. The van der Waals surface area contributed by atoms with Gasteiger partial charge in [-0.25, -0.2) is 22.0 Å². The maximum atomic E-state index is 14.2. The van der Waals surface area contributed by atoms with Crippen LogP contribution in [0.5, 0.6) is 0 Å².